The fourth-order valence-corrected chi connectivity index (χ4v) is 4.18. The van der Waals surface area contributed by atoms with Crippen LogP contribution in [0.3, 0.4) is 0 Å². The Morgan fingerprint density at radius 2 is 1.44 bits per heavy atom. The molecule has 0 bridgehead atoms. The molecule has 5 aromatic rings. The van der Waals surface area contributed by atoms with Gasteiger partial charge in [-0.2, -0.15) is 5.10 Å². The summed E-state index contributed by atoms with van der Waals surface area (Å²) in [5, 5.41) is 7.83. The molecule has 5 aromatic carbocycles. The number of hydrazone groups is 1. The van der Waals surface area contributed by atoms with Crippen LogP contribution in [0.15, 0.2) is 108 Å². The van der Waals surface area contributed by atoms with Gasteiger partial charge in [-0.1, -0.05) is 66.7 Å². The highest BCUT2D eigenvalue weighted by molar-refractivity contribution is 6.04. The molecule has 5 rings (SSSR count). The van der Waals surface area contributed by atoms with Crippen LogP contribution >= 0.6 is 0 Å². The van der Waals surface area contributed by atoms with Gasteiger partial charge in [-0.15, -0.1) is 0 Å². The minimum Gasteiger partial charge on any atom is -0.494 e. The van der Waals surface area contributed by atoms with Crippen molar-refractivity contribution in [2.24, 2.45) is 5.10 Å². The van der Waals surface area contributed by atoms with Gasteiger partial charge in [0.05, 0.1) is 18.4 Å². The number of amides is 1. The molecule has 0 aliphatic heterocycles. The van der Waals surface area contributed by atoms with E-state index in [4.69, 9.17) is 14.2 Å². The van der Waals surface area contributed by atoms with Crippen LogP contribution in [0.1, 0.15) is 22.8 Å². The number of nitrogens with one attached hydrogen (secondary N) is 1. The van der Waals surface area contributed by atoms with Gasteiger partial charge in [-0.05, 0) is 59.5 Å². The second kappa shape index (κ2) is 11.9. The Morgan fingerprint density at radius 3 is 2.21 bits per heavy atom. The molecule has 0 aliphatic rings. The van der Waals surface area contributed by atoms with E-state index < -0.39 is 11.9 Å². The Kier molecular flexibility index (Phi) is 7.79. The van der Waals surface area contributed by atoms with E-state index >= 15 is 0 Å². The maximum Gasteiger partial charge on any atom is 0.343 e. The van der Waals surface area contributed by atoms with Gasteiger partial charge in [0.15, 0.2) is 6.61 Å². The van der Waals surface area contributed by atoms with Crippen LogP contribution in [-0.4, -0.2) is 31.3 Å². The first-order valence-corrected chi connectivity index (χ1v) is 12.5. The Hall–Kier alpha value is -5.17. The summed E-state index contributed by atoms with van der Waals surface area (Å²) in [6.07, 6.45) is 1.47. The highest BCUT2D eigenvalue weighted by atomic mass is 16.5. The Labute approximate surface area is 225 Å². The smallest absolute Gasteiger partial charge is 0.343 e. The number of hydrogen-bond acceptors (Lipinski definition) is 6. The van der Waals surface area contributed by atoms with Crippen molar-refractivity contribution < 1.29 is 23.8 Å². The largest absolute Gasteiger partial charge is 0.494 e. The molecular formula is C32H26N2O5. The summed E-state index contributed by atoms with van der Waals surface area (Å²) in [5.41, 5.74) is 3.44. The number of carbonyl (C=O) groups excluding carboxylic acids is 2. The number of carbonyl (C=O) groups is 2. The molecule has 7 nitrogen and oxygen atoms in total. The molecule has 0 radical (unpaired) electrons. The summed E-state index contributed by atoms with van der Waals surface area (Å²) in [5.74, 6) is 0.665. The number of fused-ring (bicyclic) bond motifs is 2. The molecule has 0 unspecified atom stereocenters. The maximum atomic E-state index is 12.9. The zero-order valence-corrected chi connectivity index (χ0v) is 21.3. The van der Waals surface area contributed by atoms with E-state index in [0.717, 1.165) is 21.5 Å². The van der Waals surface area contributed by atoms with Crippen LogP contribution in [0.5, 0.6) is 17.2 Å². The lowest BCUT2D eigenvalue weighted by molar-refractivity contribution is -0.123. The monoisotopic (exact) mass is 518 g/mol. The number of rotatable bonds is 9. The highest BCUT2D eigenvalue weighted by Gasteiger charge is 2.14. The van der Waals surface area contributed by atoms with Crippen LogP contribution in [0.25, 0.3) is 21.5 Å². The van der Waals surface area contributed by atoms with Crippen LogP contribution in [0.4, 0.5) is 0 Å². The minimum absolute atomic E-state index is 0.208. The molecule has 0 fully saturated rings. The lowest BCUT2D eigenvalue weighted by Gasteiger charge is -2.11. The lowest BCUT2D eigenvalue weighted by atomic mass is 10.0. The number of ether oxygens (including phenoxy) is 3. The fourth-order valence-electron chi connectivity index (χ4n) is 4.18. The SMILES string of the molecule is CCOc1ccc(C(=O)Oc2ccc3ccccc3c2C=NNC(=O)COc2cccc3ccccc23)cc1. The van der Waals surface area contributed by atoms with Crippen molar-refractivity contribution in [1.29, 1.82) is 0 Å². The normalized spacial score (nSPS) is 11.0. The number of nitrogens with zero attached hydrogens (tertiary/aromatic N) is 1. The predicted octanol–water partition coefficient (Wildman–Crippen LogP) is 6.14. The molecular weight excluding hydrogens is 492 g/mol. The molecule has 194 valence electrons. The van der Waals surface area contributed by atoms with E-state index in [9.17, 15) is 9.59 Å². The van der Waals surface area contributed by atoms with Crippen molar-refractivity contribution in [2.45, 2.75) is 6.92 Å². The van der Waals surface area contributed by atoms with Crippen molar-refractivity contribution >= 4 is 39.6 Å². The van der Waals surface area contributed by atoms with Gasteiger partial charge in [0.25, 0.3) is 5.91 Å². The van der Waals surface area contributed by atoms with Crippen LogP contribution in [-0.2, 0) is 4.79 Å². The van der Waals surface area contributed by atoms with Crippen molar-refractivity contribution in [3.63, 3.8) is 0 Å². The first-order valence-electron chi connectivity index (χ1n) is 12.5. The molecule has 39 heavy (non-hydrogen) atoms. The van der Waals surface area contributed by atoms with Gasteiger partial charge in [-0.3, -0.25) is 4.79 Å². The van der Waals surface area contributed by atoms with Crippen molar-refractivity contribution in [1.82, 2.24) is 5.43 Å². The Morgan fingerprint density at radius 1 is 0.744 bits per heavy atom. The molecule has 0 saturated carbocycles. The molecule has 0 aliphatic carbocycles. The van der Waals surface area contributed by atoms with Crippen LogP contribution in [0.2, 0.25) is 0 Å². The topological polar surface area (TPSA) is 86.2 Å². The van der Waals surface area contributed by atoms with Gasteiger partial charge in [0.1, 0.15) is 17.2 Å². The fraction of sp³-hybridized carbons (Fsp3) is 0.0938. The standard InChI is InChI=1S/C32H26N2O5/c1-2-37-25-17-14-24(15-18-25)32(36)39-30-19-16-23-9-3-5-11-26(23)28(30)20-33-34-31(35)21-38-29-13-7-10-22-8-4-6-12-27(22)29/h3-20H,2,21H2,1H3,(H,34,35). The summed E-state index contributed by atoms with van der Waals surface area (Å²) in [4.78, 5) is 25.4. The second-order valence-corrected chi connectivity index (χ2v) is 8.60. The van der Waals surface area contributed by atoms with Crippen molar-refractivity contribution in [2.75, 3.05) is 13.2 Å². The molecule has 7 heteroatoms. The van der Waals surface area contributed by atoms with Gasteiger partial charge in [0.2, 0.25) is 0 Å². The number of esters is 1. The third-order valence-corrected chi connectivity index (χ3v) is 6.03. The zero-order valence-electron chi connectivity index (χ0n) is 21.3. The lowest BCUT2D eigenvalue weighted by Crippen LogP contribution is -2.24. The van der Waals surface area contributed by atoms with Crippen molar-refractivity contribution in [3.8, 4) is 17.2 Å². The third-order valence-electron chi connectivity index (χ3n) is 6.03. The zero-order chi connectivity index (χ0) is 27.0. The Bertz CT molecular complexity index is 1660. The van der Waals surface area contributed by atoms with Crippen molar-refractivity contribution in [3.05, 3.63) is 114 Å². The molecule has 1 N–H and O–H groups in total. The average Bonchev–Trinajstić information content (AvgIpc) is 2.97. The summed E-state index contributed by atoms with van der Waals surface area (Å²) < 4.78 is 16.9. The van der Waals surface area contributed by atoms with Gasteiger partial charge in [-0.25, -0.2) is 10.2 Å². The first-order chi connectivity index (χ1) is 19.1. The van der Waals surface area contributed by atoms with Gasteiger partial charge >= 0.3 is 5.97 Å². The van der Waals surface area contributed by atoms with Crippen LogP contribution in [0, 0.1) is 0 Å². The van der Waals surface area contributed by atoms with Gasteiger partial charge < -0.3 is 14.2 Å². The second-order valence-electron chi connectivity index (χ2n) is 8.60. The molecule has 0 aromatic heterocycles. The molecule has 0 spiro atoms. The third kappa shape index (κ3) is 6.05. The quantitative estimate of drug-likeness (QED) is 0.110. The van der Waals surface area contributed by atoms with E-state index in [1.165, 1.54) is 6.21 Å². The first kappa shape index (κ1) is 25.5. The number of benzene rings is 5. The molecule has 0 heterocycles. The summed E-state index contributed by atoms with van der Waals surface area (Å²) in [7, 11) is 0. The molecule has 0 saturated heterocycles. The maximum absolute atomic E-state index is 12.9. The van der Waals surface area contributed by atoms with Gasteiger partial charge in [0, 0.05) is 10.9 Å². The van der Waals surface area contributed by atoms with E-state index in [1.807, 2.05) is 79.7 Å². The van der Waals surface area contributed by atoms with E-state index in [2.05, 4.69) is 10.5 Å². The predicted molar refractivity (Wildman–Crippen MR) is 152 cm³/mol. The van der Waals surface area contributed by atoms with E-state index in [0.29, 0.717) is 35.0 Å². The average molecular weight is 519 g/mol. The van der Waals surface area contributed by atoms with Crippen LogP contribution < -0.4 is 19.6 Å². The van der Waals surface area contributed by atoms with E-state index in [-0.39, 0.29) is 6.61 Å². The summed E-state index contributed by atoms with van der Waals surface area (Å²) in [6.45, 7) is 2.22. The molecule has 1 amide bonds. The number of hydrogen-bond donors (Lipinski definition) is 1. The minimum atomic E-state index is -0.518. The Balaban J connectivity index is 1.30. The highest BCUT2D eigenvalue weighted by Crippen LogP contribution is 2.28. The summed E-state index contributed by atoms with van der Waals surface area (Å²) >= 11 is 0. The molecule has 0 atom stereocenters. The van der Waals surface area contributed by atoms with E-state index in [1.54, 1.807) is 30.3 Å². The summed E-state index contributed by atoms with van der Waals surface area (Å²) in [6, 6.07) is 31.4.